The molecule has 0 radical (unpaired) electrons. The lowest BCUT2D eigenvalue weighted by molar-refractivity contribution is -0.181. The first-order valence-corrected chi connectivity index (χ1v) is 10.3. The second-order valence-electron chi connectivity index (χ2n) is 8.65. The fourth-order valence-electron chi connectivity index (χ4n) is 4.49. The minimum absolute atomic E-state index is 0. The minimum atomic E-state index is -0.809. The van der Waals surface area contributed by atoms with Gasteiger partial charge in [-0.1, -0.05) is 13.8 Å². The van der Waals surface area contributed by atoms with Gasteiger partial charge in [-0.2, -0.15) is 0 Å². The van der Waals surface area contributed by atoms with Gasteiger partial charge < -0.3 is 24.8 Å². The van der Waals surface area contributed by atoms with E-state index in [0.29, 0.717) is 19.6 Å². The first kappa shape index (κ1) is 22.9. The summed E-state index contributed by atoms with van der Waals surface area (Å²) >= 11 is 0. The molecule has 1 saturated carbocycles. The van der Waals surface area contributed by atoms with E-state index in [4.69, 9.17) is 19.9 Å². The first-order chi connectivity index (χ1) is 12.4. The third kappa shape index (κ3) is 4.61. The van der Waals surface area contributed by atoms with Crippen LogP contribution in [0, 0.1) is 5.41 Å². The zero-order valence-corrected chi connectivity index (χ0v) is 17.9. The Labute approximate surface area is 169 Å². The Morgan fingerprint density at radius 1 is 1.19 bits per heavy atom. The molecule has 2 N–H and O–H groups in total. The maximum atomic E-state index is 13.1. The summed E-state index contributed by atoms with van der Waals surface area (Å²) in [6.07, 6.45) is 6.42. The van der Waals surface area contributed by atoms with Crippen molar-refractivity contribution in [2.24, 2.45) is 11.1 Å². The fourth-order valence-corrected chi connectivity index (χ4v) is 4.49. The Morgan fingerprint density at radius 2 is 1.89 bits per heavy atom. The summed E-state index contributed by atoms with van der Waals surface area (Å²) in [4.78, 5) is 15.0. The van der Waals surface area contributed by atoms with Crippen LogP contribution in [-0.4, -0.2) is 67.6 Å². The highest BCUT2D eigenvalue weighted by Crippen LogP contribution is 2.50. The van der Waals surface area contributed by atoms with E-state index in [0.717, 1.165) is 39.0 Å². The van der Waals surface area contributed by atoms with E-state index in [2.05, 4.69) is 13.8 Å². The summed E-state index contributed by atoms with van der Waals surface area (Å²) in [6, 6.07) is 0. The SMILES string of the molecule is CCOC1CC(N)(C(=O)N2CCC(OCC3CCCCO3)CC2)C1(C)C.Cl. The van der Waals surface area contributed by atoms with Crippen LogP contribution in [0.4, 0.5) is 0 Å². The van der Waals surface area contributed by atoms with Crippen LogP contribution < -0.4 is 5.73 Å². The monoisotopic (exact) mass is 404 g/mol. The van der Waals surface area contributed by atoms with E-state index >= 15 is 0 Å². The molecule has 158 valence electrons. The number of ether oxygens (including phenoxy) is 3. The number of nitrogens with two attached hydrogens (primary N) is 1. The molecular weight excluding hydrogens is 368 g/mol. The number of halogens is 1. The van der Waals surface area contributed by atoms with Gasteiger partial charge in [0.1, 0.15) is 5.54 Å². The molecule has 2 heterocycles. The zero-order valence-electron chi connectivity index (χ0n) is 17.1. The Morgan fingerprint density at radius 3 is 2.44 bits per heavy atom. The first-order valence-electron chi connectivity index (χ1n) is 10.3. The van der Waals surface area contributed by atoms with Crippen molar-refractivity contribution in [3.05, 3.63) is 0 Å². The Kier molecular flexibility index (Phi) is 7.97. The second-order valence-corrected chi connectivity index (χ2v) is 8.65. The molecule has 2 saturated heterocycles. The zero-order chi connectivity index (χ0) is 18.8. The van der Waals surface area contributed by atoms with Crippen LogP contribution in [-0.2, 0) is 19.0 Å². The highest BCUT2D eigenvalue weighted by atomic mass is 35.5. The molecule has 3 fully saturated rings. The molecule has 1 amide bonds. The van der Waals surface area contributed by atoms with Crippen LogP contribution in [0.5, 0.6) is 0 Å². The Bertz CT molecular complexity index is 490. The molecule has 0 aromatic rings. The quantitative estimate of drug-likeness (QED) is 0.736. The molecule has 0 aromatic carbocycles. The van der Waals surface area contributed by atoms with Crippen LogP contribution in [0.25, 0.3) is 0 Å². The summed E-state index contributed by atoms with van der Waals surface area (Å²) in [5, 5.41) is 0. The number of nitrogens with zero attached hydrogens (tertiary/aromatic N) is 1. The number of rotatable bonds is 6. The number of hydrogen-bond acceptors (Lipinski definition) is 5. The van der Waals surface area contributed by atoms with Gasteiger partial charge in [0.25, 0.3) is 0 Å². The van der Waals surface area contributed by atoms with Crippen molar-refractivity contribution in [2.75, 3.05) is 32.9 Å². The predicted molar refractivity (Wildman–Crippen MR) is 107 cm³/mol. The number of likely N-dealkylation sites (tertiary alicyclic amines) is 1. The predicted octanol–water partition coefficient (Wildman–Crippen LogP) is 2.52. The third-order valence-electron chi connectivity index (χ3n) is 6.73. The highest BCUT2D eigenvalue weighted by molar-refractivity contribution is 5.89. The molecule has 7 heteroatoms. The van der Waals surface area contributed by atoms with Crippen molar-refractivity contribution >= 4 is 18.3 Å². The van der Waals surface area contributed by atoms with Gasteiger partial charge in [-0.15, -0.1) is 12.4 Å². The molecular formula is C20H37ClN2O4. The molecule has 1 aliphatic carbocycles. The fraction of sp³-hybridized carbons (Fsp3) is 0.950. The lowest BCUT2D eigenvalue weighted by Gasteiger charge is -2.59. The Hall–Kier alpha value is -0.400. The molecule has 3 unspecified atom stereocenters. The topological polar surface area (TPSA) is 74.0 Å². The summed E-state index contributed by atoms with van der Waals surface area (Å²) < 4.78 is 17.5. The summed E-state index contributed by atoms with van der Waals surface area (Å²) in [5.41, 5.74) is 5.41. The van der Waals surface area contributed by atoms with Crippen LogP contribution in [0.15, 0.2) is 0 Å². The van der Waals surface area contributed by atoms with Crippen LogP contribution >= 0.6 is 12.4 Å². The van der Waals surface area contributed by atoms with E-state index in [1.54, 1.807) is 0 Å². The van der Waals surface area contributed by atoms with Gasteiger partial charge in [-0.25, -0.2) is 0 Å². The number of piperidine rings is 1. The van der Waals surface area contributed by atoms with Gasteiger partial charge in [0, 0.05) is 38.1 Å². The van der Waals surface area contributed by atoms with Crippen molar-refractivity contribution < 1.29 is 19.0 Å². The second kappa shape index (κ2) is 9.40. The summed E-state index contributed by atoms with van der Waals surface area (Å²) in [6.45, 7) is 9.74. The standard InChI is InChI=1S/C20H36N2O4.ClH/c1-4-24-17-13-20(21,19(17,2)3)18(23)22-10-8-15(9-11-22)26-14-16-7-5-6-12-25-16;/h15-17H,4-14,21H2,1-3H3;1H. The van der Waals surface area contributed by atoms with Crippen LogP contribution in [0.1, 0.15) is 59.3 Å². The molecule has 3 aliphatic rings. The maximum Gasteiger partial charge on any atom is 0.243 e. The average Bonchev–Trinajstić information content (AvgIpc) is 2.66. The smallest absolute Gasteiger partial charge is 0.243 e. The van der Waals surface area contributed by atoms with Crippen molar-refractivity contribution in [2.45, 2.75) is 83.1 Å². The highest BCUT2D eigenvalue weighted by Gasteiger charge is 2.63. The van der Waals surface area contributed by atoms with Gasteiger partial charge in [-0.05, 0) is 39.0 Å². The lowest BCUT2D eigenvalue weighted by atomic mass is 9.54. The molecule has 2 aliphatic heterocycles. The van der Waals surface area contributed by atoms with Crippen LogP contribution in [0.3, 0.4) is 0 Å². The largest absolute Gasteiger partial charge is 0.378 e. The number of hydrogen-bond donors (Lipinski definition) is 1. The molecule has 27 heavy (non-hydrogen) atoms. The normalized spacial score (nSPS) is 33.9. The van der Waals surface area contributed by atoms with Gasteiger partial charge in [-0.3, -0.25) is 4.79 Å². The summed E-state index contributed by atoms with van der Waals surface area (Å²) in [5.74, 6) is 0.0764. The van der Waals surface area contributed by atoms with E-state index in [9.17, 15) is 4.79 Å². The molecule has 3 atom stereocenters. The number of carbonyl (C=O) groups is 1. The van der Waals surface area contributed by atoms with Gasteiger partial charge >= 0.3 is 0 Å². The van der Waals surface area contributed by atoms with E-state index in [-0.39, 0.29) is 42.0 Å². The summed E-state index contributed by atoms with van der Waals surface area (Å²) in [7, 11) is 0. The van der Waals surface area contributed by atoms with E-state index in [1.807, 2.05) is 11.8 Å². The van der Waals surface area contributed by atoms with Crippen molar-refractivity contribution in [1.82, 2.24) is 4.90 Å². The van der Waals surface area contributed by atoms with Crippen molar-refractivity contribution in [3.8, 4) is 0 Å². The van der Waals surface area contributed by atoms with E-state index < -0.39 is 5.54 Å². The Balaban J connectivity index is 0.00000261. The minimum Gasteiger partial charge on any atom is -0.378 e. The average molecular weight is 405 g/mol. The van der Waals surface area contributed by atoms with Gasteiger partial charge in [0.15, 0.2) is 0 Å². The van der Waals surface area contributed by atoms with Gasteiger partial charge in [0.2, 0.25) is 5.91 Å². The molecule has 0 bridgehead atoms. The molecule has 6 nitrogen and oxygen atoms in total. The lowest BCUT2D eigenvalue weighted by Crippen LogP contribution is -2.76. The van der Waals surface area contributed by atoms with E-state index in [1.165, 1.54) is 12.8 Å². The maximum absolute atomic E-state index is 13.1. The molecule has 0 aromatic heterocycles. The molecule has 0 spiro atoms. The van der Waals surface area contributed by atoms with Crippen molar-refractivity contribution in [1.29, 1.82) is 0 Å². The number of carbonyl (C=O) groups excluding carboxylic acids is 1. The van der Waals surface area contributed by atoms with Crippen molar-refractivity contribution in [3.63, 3.8) is 0 Å². The van der Waals surface area contributed by atoms with Gasteiger partial charge in [0.05, 0.1) is 24.9 Å². The number of amides is 1. The third-order valence-corrected chi connectivity index (χ3v) is 6.73. The molecule has 3 rings (SSSR count). The van der Waals surface area contributed by atoms with Crippen LogP contribution in [0.2, 0.25) is 0 Å².